The molecule has 1 unspecified atom stereocenters. The van der Waals surface area contributed by atoms with Crippen molar-refractivity contribution in [1.29, 1.82) is 0 Å². The van der Waals surface area contributed by atoms with Crippen LogP contribution < -0.4 is 15.6 Å². The predicted molar refractivity (Wildman–Crippen MR) is 146 cm³/mol. The third-order valence-corrected chi connectivity index (χ3v) is 6.13. The van der Waals surface area contributed by atoms with Gasteiger partial charge in [-0.25, -0.2) is 14.6 Å². The lowest BCUT2D eigenvalue weighted by Gasteiger charge is -2.27. The van der Waals surface area contributed by atoms with E-state index in [2.05, 4.69) is 5.32 Å². The molecule has 1 aromatic heterocycles. The first-order valence-corrected chi connectivity index (χ1v) is 12.4. The number of amides is 2. The smallest absolute Gasteiger partial charge is 0.338 e. The normalized spacial score (nSPS) is 11.6. The molecule has 1 N–H and O–H groups in total. The summed E-state index contributed by atoms with van der Waals surface area (Å²) in [5.41, 5.74) is 1.83. The summed E-state index contributed by atoms with van der Waals surface area (Å²) in [4.78, 5) is 44.9. The second kappa shape index (κ2) is 11.6. The maximum absolute atomic E-state index is 13.6. The predicted octanol–water partition coefficient (Wildman–Crippen LogP) is 5.19. The Bertz CT molecular complexity index is 1500. The zero-order valence-electron chi connectivity index (χ0n) is 21.8. The SMILES string of the molecule is CCOC(=O)c1ccc(NC(=O)N(C)C(C)c2nc3ccccc3c(=O)n2-c2ccc(OCC)cc2)cc1. The fourth-order valence-electron chi connectivity index (χ4n) is 4.00. The molecule has 1 heterocycles. The summed E-state index contributed by atoms with van der Waals surface area (Å²) in [6.07, 6.45) is 0. The van der Waals surface area contributed by atoms with Crippen LogP contribution in [0.5, 0.6) is 5.75 Å². The first-order chi connectivity index (χ1) is 18.3. The molecule has 0 aliphatic carbocycles. The molecule has 2 amide bonds. The number of aromatic nitrogens is 2. The molecular weight excluding hydrogens is 484 g/mol. The maximum Gasteiger partial charge on any atom is 0.338 e. The van der Waals surface area contributed by atoms with Crippen LogP contribution in [0.4, 0.5) is 10.5 Å². The van der Waals surface area contributed by atoms with Gasteiger partial charge in [0.2, 0.25) is 0 Å². The van der Waals surface area contributed by atoms with Gasteiger partial charge in [0.1, 0.15) is 11.6 Å². The molecule has 4 aromatic rings. The van der Waals surface area contributed by atoms with E-state index in [0.717, 1.165) is 0 Å². The van der Waals surface area contributed by atoms with Gasteiger partial charge in [0.05, 0.1) is 41.4 Å². The minimum atomic E-state index is -0.572. The lowest BCUT2D eigenvalue weighted by atomic mass is 10.2. The molecule has 0 bridgehead atoms. The quantitative estimate of drug-likeness (QED) is 0.325. The fourth-order valence-corrected chi connectivity index (χ4v) is 4.00. The number of hydrogen-bond donors (Lipinski definition) is 1. The molecule has 0 fully saturated rings. The van der Waals surface area contributed by atoms with E-state index in [1.165, 1.54) is 9.47 Å². The number of anilines is 1. The van der Waals surface area contributed by atoms with Gasteiger partial charge in [0, 0.05) is 12.7 Å². The maximum atomic E-state index is 13.6. The van der Waals surface area contributed by atoms with E-state index < -0.39 is 18.0 Å². The number of carbonyl (C=O) groups excluding carboxylic acids is 2. The molecule has 1 atom stereocenters. The van der Waals surface area contributed by atoms with E-state index in [4.69, 9.17) is 14.5 Å². The Kier molecular flexibility index (Phi) is 8.06. The van der Waals surface area contributed by atoms with Crippen LogP contribution in [0.15, 0.2) is 77.6 Å². The standard InChI is InChI=1S/C29H30N4O5/c1-5-37-23-17-15-22(16-18-23)33-26(31-25-10-8-7-9-24(25)27(33)34)19(3)32(4)29(36)30-21-13-11-20(12-14-21)28(35)38-6-2/h7-19H,5-6H2,1-4H3,(H,30,36). The number of nitrogens with zero attached hydrogens (tertiary/aromatic N) is 3. The van der Waals surface area contributed by atoms with Gasteiger partial charge >= 0.3 is 12.0 Å². The van der Waals surface area contributed by atoms with Crippen LogP contribution in [0.2, 0.25) is 0 Å². The Morgan fingerprint density at radius 1 is 0.974 bits per heavy atom. The van der Waals surface area contributed by atoms with Crippen LogP contribution in [0.25, 0.3) is 16.6 Å². The third-order valence-electron chi connectivity index (χ3n) is 6.13. The number of carbonyl (C=O) groups is 2. The Morgan fingerprint density at radius 3 is 2.32 bits per heavy atom. The number of hydrogen-bond acceptors (Lipinski definition) is 6. The van der Waals surface area contributed by atoms with E-state index in [0.29, 0.717) is 46.0 Å². The van der Waals surface area contributed by atoms with E-state index in [1.54, 1.807) is 80.7 Å². The largest absolute Gasteiger partial charge is 0.494 e. The third kappa shape index (κ3) is 5.51. The van der Waals surface area contributed by atoms with Gasteiger partial charge in [0.15, 0.2) is 0 Å². The lowest BCUT2D eigenvalue weighted by Crippen LogP contribution is -2.37. The molecule has 0 spiro atoms. The second-order valence-corrected chi connectivity index (χ2v) is 8.57. The van der Waals surface area contributed by atoms with Gasteiger partial charge in [-0.3, -0.25) is 9.36 Å². The lowest BCUT2D eigenvalue weighted by molar-refractivity contribution is 0.0526. The molecule has 196 valence electrons. The van der Waals surface area contributed by atoms with Crippen molar-refractivity contribution < 1.29 is 19.1 Å². The Morgan fingerprint density at radius 2 is 1.66 bits per heavy atom. The van der Waals surface area contributed by atoms with Crippen molar-refractivity contribution in [3.63, 3.8) is 0 Å². The minimum Gasteiger partial charge on any atom is -0.494 e. The Labute approximate surface area is 220 Å². The average Bonchev–Trinajstić information content (AvgIpc) is 2.93. The fraction of sp³-hybridized carbons (Fsp3) is 0.241. The number of benzene rings is 3. The van der Waals surface area contributed by atoms with Crippen molar-refractivity contribution in [2.45, 2.75) is 26.8 Å². The molecule has 38 heavy (non-hydrogen) atoms. The van der Waals surface area contributed by atoms with Crippen LogP contribution in [0.3, 0.4) is 0 Å². The second-order valence-electron chi connectivity index (χ2n) is 8.57. The van der Waals surface area contributed by atoms with Gasteiger partial charge in [-0.2, -0.15) is 0 Å². The van der Waals surface area contributed by atoms with Crippen LogP contribution >= 0.6 is 0 Å². The van der Waals surface area contributed by atoms with E-state index in [-0.39, 0.29) is 12.2 Å². The van der Waals surface area contributed by atoms with Gasteiger partial charge < -0.3 is 19.7 Å². The molecule has 0 aliphatic rings. The number of ether oxygens (including phenoxy) is 2. The van der Waals surface area contributed by atoms with Crippen molar-refractivity contribution in [1.82, 2.24) is 14.5 Å². The van der Waals surface area contributed by atoms with Gasteiger partial charge in [-0.05, 0) is 81.4 Å². The summed E-state index contributed by atoms with van der Waals surface area (Å²) in [7, 11) is 1.64. The van der Waals surface area contributed by atoms with Crippen molar-refractivity contribution >= 4 is 28.6 Å². The Hall–Kier alpha value is -4.66. The molecule has 4 rings (SSSR count). The zero-order valence-corrected chi connectivity index (χ0v) is 21.8. The van der Waals surface area contributed by atoms with Gasteiger partial charge in [-0.1, -0.05) is 12.1 Å². The first kappa shape index (κ1) is 26.4. The first-order valence-electron chi connectivity index (χ1n) is 12.4. The topological polar surface area (TPSA) is 103 Å². The van der Waals surface area contributed by atoms with E-state index in [9.17, 15) is 14.4 Å². The van der Waals surface area contributed by atoms with Crippen LogP contribution in [-0.2, 0) is 4.74 Å². The highest BCUT2D eigenvalue weighted by molar-refractivity contribution is 5.92. The Balaban J connectivity index is 1.65. The van der Waals surface area contributed by atoms with Gasteiger partial charge in [0.25, 0.3) is 5.56 Å². The summed E-state index contributed by atoms with van der Waals surface area (Å²) >= 11 is 0. The molecule has 9 heteroatoms. The van der Waals surface area contributed by atoms with Crippen LogP contribution in [-0.4, -0.2) is 46.7 Å². The molecule has 0 saturated carbocycles. The molecule has 0 saturated heterocycles. The van der Waals surface area contributed by atoms with Crippen LogP contribution in [0, 0.1) is 0 Å². The van der Waals surface area contributed by atoms with E-state index >= 15 is 0 Å². The minimum absolute atomic E-state index is 0.232. The monoisotopic (exact) mass is 514 g/mol. The summed E-state index contributed by atoms with van der Waals surface area (Å²) in [5, 5.41) is 3.30. The zero-order chi connectivity index (χ0) is 27.2. The highest BCUT2D eigenvalue weighted by atomic mass is 16.5. The summed E-state index contributed by atoms with van der Waals surface area (Å²) < 4.78 is 12.1. The van der Waals surface area contributed by atoms with Crippen LogP contribution in [0.1, 0.15) is 43.0 Å². The highest BCUT2D eigenvalue weighted by Gasteiger charge is 2.24. The van der Waals surface area contributed by atoms with Crippen molar-refractivity contribution in [3.8, 4) is 11.4 Å². The number of fused-ring (bicyclic) bond motifs is 1. The number of nitrogens with one attached hydrogen (secondary N) is 1. The van der Waals surface area contributed by atoms with E-state index in [1.807, 2.05) is 19.9 Å². The summed E-state index contributed by atoms with van der Waals surface area (Å²) in [5.74, 6) is 0.678. The average molecular weight is 515 g/mol. The molecule has 0 aliphatic heterocycles. The number of esters is 1. The summed E-state index contributed by atoms with van der Waals surface area (Å²) in [6.45, 7) is 6.27. The van der Waals surface area contributed by atoms with Crippen molar-refractivity contribution in [2.75, 3.05) is 25.6 Å². The summed E-state index contributed by atoms with van der Waals surface area (Å²) in [6, 6.07) is 19.8. The number of urea groups is 1. The molecule has 3 aromatic carbocycles. The van der Waals surface area contributed by atoms with Gasteiger partial charge in [-0.15, -0.1) is 0 Å². The molecular formula is C29H30N4O5. The molecule has 0 radical (unpaired) electrons. The number of para-hydroxylation sites is 1. The molecule has 9 nitrogen and oxygen atoms in total. The van der Waals surface area contributed by atoms with Crippen molar-refractivity contribution in [3.05, 3.63) is 94.5 Å². The van der Waals surface area contributed by atoms with Crippen molar-refractivity contribution in [2.24, 2.45) is 0 Å². The highest BCUT2D eigenvalue weighted by Crippen LogP contribution is 2.24. The number of rotatable bonds is 8.